The summed E-state index contributed by atoms with van der Waals surface area (Å²) in [6, 6.07) is 0.241. The van der Waals surface area contributed by atoms with E-state index < -0.39 is 5.60 Å². The highest BCUT2D eigenvalue weighted by Crippen LogP contribution is 2.28. The third-order valence-corrected chi connectivity index (χ3v) is 4.19. The van der Waals surface area contributed by atoms with Crippen LogP contribution < -0.4 is 5.32 Å². The maximum absolute atomic E-state index is 12.6. The van der Waals surface area contributed by atoms with Gasteiger partial charge in [0.25, 0.3) is 5.91 Å². The van der Waals surface area contributed by atoms with Gasteiger partial charge in [0.15, 0.2) is 0 Å². The Labute approximate surface area is 141 Å². The van der Waals surface area contributed by atoms with E-state index in [0.29, 0.717) is 5.57 Å². The van der Waals surface area contributed by atoms with Crippen molar-refractivity contribution in [1.29, 1.82) is 0 Å². The topological polar surface area (TPSA) is 47.6 Å². The summed E-state index contributed by atoms with van der Waals surface area (Å²) < 4.78 is 11.5. The standard InChI is InChI=1S/C19H33NO3/c1-7-9-16(10-8-2)20-18(21)15-11-12-17(23-14(3)4)19(5,13-15)22-6/h11-14,16-17H,7-10H2,1-6H3,(H,20,21). The Morgan fingerprint density at radius 2 is 1.91 bits per heavy atom. The number of nitrogens with one attached hydrogen (secondary N) is 1. The summed E-state index contributed by atoms with van der Waals surface area (Å²) in [7, 11) is 1.65. The van der Waals surface area contributed by atoms with E-state index in [9.17, 15) is 4.79 Å². The van der Waals surface area contributed by atoms with Gasteiger partial charge < -0.3 is 14.8 Å². The van der Waals surface area contributed by atoms with Gasteiger partial charge in [0.05, 0.1) is 6.10 Å². The highest BCUT2D eigenvalue weighted by Gasteiger charge is 2.36. The molecule has 0 fully saturated rings. The summed E-state index contributed by atoms with van der Waals surface area (Å²) >= 11 is 0. The van der Waals surface area contributed by atoms with Crippen LogP contribution >= 0.6 is 0 Å². The zero-order chi connectivity index (χ0) is 17.5. The van der Waals surface area contributed by atoms with Crippen LogP contribution in [0.15, 0.2) is 23.8 Å². The molecule has 1 N–H and O–H groups in total. The number of methoxy groups -OCH3 is 1. The molecule has 1 aliphatic carbocycles. The first-order valence-electron chi connectivity index (χ1n) is 8.78. The van der Waals surface area contributed by atoms with Crippen molar-refractivity contribution in [3.8, 4) is 0 Å². The molecule has 2 atom stereocenters. The number of amides is 1. The Morgan fingerprint density at radius 3 is 2.39 bits per heavy atom. The largest absolute Gasteiger partial charge is 0.371 e. The summed E-state index contributed by atoms with van der Waals surface area (Å²) in [6.45, 7) is 10.2. The summed E-state index contributed by atoms with van der Waals surface area (Å²) in [5, 5.41) is 3.15. The zero-order valence-corrected chi connectivity index (χ0v) is 15.5. The van der Waals surface area contributed by atoms with E-state index in [2.05, 4.69) is 19.2 Å². The van der Waals surface area contributed by atoms with E-state index in [1.165, 1.54) is 0 Å². The average Bonchev–Trinajstić information content (AvgIpc) is 2.49. The molecule has 0 heterocycles. The fourth-order valence-electron chi connectivity index (χ4n) is 2.87. The smallest absolute Gasteiger partial charge is 0.251 e. The molecule has 1 aliphatic rings. The molecular formula is C19H33NO3. The van der Waals surface area contributed by atoms with Crippen molar-refractivity contribution in [3.05, 3.63) is 23.8 Å². The van der Waals surface area contributed by atoms with Crippen LogP contribution in [-0.4, -0.2) is 36.9 Å². The minimum absolute atomic E-state index is 0.0283. The first-order chi connectivity index (χ1) is 10.9. The zero-order valence-electron chi connectivity index (χ0n) is 15.5. The van der Waals surface area contributed by atoms with E-state index in [4.69, 9.17) is 9.47 Å². The second-order valence-corrected chi connectivity index (χ2v) is 6.70. The molecule has 132 valence electrons. The van der Waals surface area contributed by atoms with Gasteiger partial charge in [-0.05, 0) is 39.7 Å². The first-order valence-corrected chi connectivity index (χ1v) is 8.78. The fourth-order valence-corrected chi connectivity index (χ4v) is 2.87. The van der Waals surface area contributed by atoms with Crippen LogP contribution in [0, 0.1) is 0 Å². The summed E-state index contributed by atoms with van der Waals surface area (Å²) in [6.07, 6.45) is 9.72. The lowest BCUT2D eigenvalue weighted by atomic mass is 9.89. The summed E-state index contributed by atoms with van der Waals surface area (Å²) in [5.74, 6) is -0.0283. The molecule has 2 unspecified atom stereocenters. The first kappa shape index (κ1) is 19.9. The summed E-state index contributed by atoms with van der Waals surface area (Å²) in [4.78, 5) is 12.6. The van der Waals surface area contributed by atoms with E-state index in [1.807, 2.05) is 39.0 Å². The number of carbonyl (C=O) groups excluding carboxylic acids is 1. The lowest BCUT2D eigenvalue weighted by molar-refractivity contribution is -0.118. The number of hydrogen-bond donors (Lipinski definition) is 1. The maximum atomic E-state index is 12.6. The molecule has 0 aromatic carbocycles. The highest BCUT2D eigenvalue weighted by atomic mass is 16.5. The third kappa shape index (κ3) is 5.78. The van der Waals surface area contributed by atoms with Crippen LogP contribution in [0.5, 0.6) is 0 Å². The van der Waals surface area contributed by atoms with Gasteiger partial charge in [-0.1, -0.05) is 38.8 Å². The van der Waals surface area contributed by atoms with E-state index >= 15 is 0 Å². The van der Waals surface area contributed by atoms with Crippen molar-refractivity contribution in [2.24, 2.45) is 0 Å². The van der Waals surface area contributed by atoms with Crippen LogP contribution in [0.2, 0.25) is 0 Å². The van der Waals surface area contributed by atoms with Gasteiger partial charge in [-0.3, -0.25) is 4.79 Å². The Balaban J connectivity index is 2.83. The molecule has 0 radical (unpaired) electrons. The Hall–Kier alpha value is -1.13. The average molecular weight is 323 g/mol. The minimum atomic E-state index is -0.628. The second kappa shape index (κ2) is 9.24. The van der Waals surface area contributed by atoms with Crippen LogP contribution in [0.4, 0.5) is 0 Å². The van der Waals surface area contributed by atoms with Gasteiger partial charge >= 0.3 is 0 Å². The lowest BCUT2D eigenvalue weighted by Gasteiger charge is -2.36. The number of hydrogen-bond acceptors (Lipinski definition) is 3. The quantitative estimate of drug-likeness (QED) is 0.702. The van der Waals surface area contributed by atoms with Crippen molar-refractivity contribution in [2.75, 3.05) is 7.11 Å². The summed E-state index contributed by atoms with van der Waals surface area (Å²) in [5.41, 5.74) is 0.0200. The molecule has 0 aliphatic heterocycles. The Bertz CT molecular complexity index is 436. The van der Waals surface area contributed by atoms with E-state index in [-0.39, 0.29) is 24.2 Å². The number of carbonyl (C=O) groups is 1. The highest BCUT2D eigenvalue weighted by molar-refractivity contribution is 5.96. The van der Waals surface area contributed by atoms with E-state index in [0.717, 1.165) is 25.7 Å². The molecule has 23 heavy (non-hydrogen) atoms. The number of ether oxygens (including phenoxy) is 2. The van der Waals surface area contributed by atoms with Crippen molar-refractivity contribution in [2.45, 2.75) is 84.2 Å². The Kier molecular flexibility index (Phi) is 8.00. The molecule has 4 heteroatoms. The lowest BCUT2D eigenvalue weighted by Crippen LogP contribution is -2.45. The van der Waals surface area contributed by atoms with Gasteiger partial charge in [-0.15, -0.1) is 0 Å². The van der Waals surface area contributed by atoms with Crippen molar-refractivity contribution in [1.82, 2.24) is 5.32 Å². The predicted molar refractivity (Wildman–Crippen MR) is 94.4 cm³/mol. The SMILES string of the molecule is CCCC(CCC)NC(=O)C1=CC(C)(OC)C(OC(C)C)C=C1. The van der Waals surface area contributed by atoms with Crippen LogP contribution in [0.3, 0.4) is 0 Å². The van der Waals surface area contributed by atoms with E-state index in [1.54, 1.807) is 7.11 Å². The second-order valence-electron chi connectivity index (χ2n) is 6.70. The van der Waals surface area contributed by atoms with Gasteiger partial charge in [0.1, 0.15) is 11.7 Å². The number of rotatable bonds is 9. The molecule has 0 aromatic heterocycles. The molecule has 0 bridgehead atoms. The van der Waals surface area contributed by atoms with Crippen molar-refractivity contribution in [3.63, 3.8) is 0 Å². The third-order valence-electron chi connectivity index (χ3n) is 4.19. The van der Waals surface area contributed by atoms with Crippen LogP contribution in [-0.2, 0) is 14.3 Å². The molecule has 0 saturated heterocycles. The van der Waals surface area contributed by atoms with Gasteiger partial charge in [0, 0.05) is 18.7 Å². The normalized spacial score (nSPS) is 24.2. The molecule has 4 nitrogen and oxygen atoms in total. The molecule has 0 aromatic rings. The van der Waals surface area contributed by atoms with Gasteiger partial charge in [-0.25, -0.2) is 0 Å². The fraction of sp³-hybridized carbons (Fsp3) is 0.737. The maximum Gasteiger partial charge on any atom is 0.251 e. The van der Waals surface area contributed by atoms with Crippen LogP contribution in [0.1, 0.15) is 60.3 Å². The molecular weight excluding hydrogens is 290 g/mol. The monoisotopic (exact) mass is 323 g/mol. The predicted octanol–water partition coefficient (Wildman–Crippen LogP) is 3.77. The molecule has 1 amide bonds. The molecule has 0 saturated carbocycles. The minimum Gasteiger partial charge on any atom is -0.371 e. The van der Waals surface area contributed by atoms with Crippen LogP contribution in [0.25, 0.3) is 0 Å². The van der Waals surface area contributed by atoms with Gasteiger partial charge in [0.2, 0.25) is 0 Å². The molecule has 1 rings (SSSR count). The van der Waals surface area contributed by atoms with Gasteiger partial charge in [-0.2, -0.15) is 0 Å². The molecule has 0 spiro atoms. The van der Waals surface area contributed by atoms with Crippen molar-refractivity contribution < 1.29 is 14.3 Å². The van der Waals surface area contributed by atoms with Crippen molar-refractivity contribution >= 4 is 5.91 Å². The Morgan fingerprint density at radius 1 is 1.30 bits per heavy atom.